The summed E-state index contributed by atoms with van der Waals surface area (Å²) in [6, 6.07) is 0. The Hall–Kier alpha value is -0.460. The van der Waals surface area contributed by atoms with E-state index in [1.165, 1.54) is 12.5 Å². The van der Waals surface area contributed by atoms with Gasteiger partial charge in [-0.2, -0.15) is 8.42 Å². The smallest absolute Gasteiger partial charge is 0.339 e. The summed E-state index contributed by atoms with van der Waals surface area (Å²) in [5.74, 6) is -0.685. The molecular weight excluding hydrogens is 236 g/mol. The minimum Gasteiger partial charge on any atom is -0.465 e. The first kappa shape index (κ1) is 10.6. The molecule has 0 fully saturated rings. The molecule has 0 amide bonds. The zero-order valence-corrected chi connectivity index (χ0v) is 8.87. The predicted molar refractivity (Wildman–Crippen MR) is 51.3 cm³/mol. The van der Waals surface area contributed by atoms with Gasteiger partial charge in [-0.25, -0.2) is 4.79 Å². The molecule has 0 spiro atoms. The van der Waals surface area contributed by atoms with E-state index in [4.69, 9.17) is 11.6 Å². The Bertz CT molecular complexity index is 387. The highest BCUT2D eigenvalue weighted by atomic mass is 35.5. The normalized spacial score (nSPS) is 21.2. The number of carbonyl (C=O) groups is 1. The van der Waals surface area contributed by atoms with Gasteiger partial charge in [0.1, 0.15) is 9.57 Å². The van der Waals surface area contributed by atoms with Gasteiger partial charge in [-0.15, -0.1) is 23.4 Å². The molecule has 1 atom stereocenters. The fraction of sp³-hybridized carbons (Fsp3) is 0.333. The Labute approximate surface area is 85.4 Å². The second-order valence-electron chi connectivity index (χ2n) is 2.07. The van der Waals surface area contributed by atoms with E-state index in [0.29, 0.717) is 0 Å². The third kappa shape index (κ3) is 2.07. The van der Waals surface area contributed by atoms with Crippen LogP contribution in [0, 0.1) is 0 Å². The van der Waals surface area contributed by atoms with Crippen LogP contribution in [0.2, 0.25) is 0 Å². The van der Waals surface area contributed by atoms with Crippen LogP contribution in [0.1, 0.15) is 0 Å². The second-order valence-corrected chi connectivity index (χ2v) is 4.66. The molecule has 7 heteroatoms. The van der Waals surface area contributed by atoms with Crippen LogP contribution in [0.5, 0.6) is 0 Å². The van der Waals surface area contributed by atoms with Crippen molar-refractivity contribution in [3.05, 3.63) is 11.0 Å². The summed E-state index contributed by atoms with van der Waals surface area (Å²) >= 11 is 6.70. The van der Waals surface area contributed by atoms with E-state index < -0.39 is 21.0 Å². The van der Waals surface area contributed by atoms with Gasteiger partial charge in [0.15, 0.2) is 0 Å². The highest BCUT2D eigenvalue weighted by Crippen LogP contribution is 2.30. The molecule has 1 unspecified atom stereocenters. The number of alkyl halides is 1. The monoisotopic (exact) mass is 240 g/mol. The van der Waals surface area contributed by atoms with Crippen LogP contribution in [0.15, 0.2) is 11.0 Å². The summed E-state index contributed by atoms with van der Waals surface area (Å²) in [4.78, 5) is 10.9. The molecule has 1 heterocycles. The molecule has 0 saturated heterocycles. The van der Waals surface area contributed by atoms with Gasteiger partial charge in [0, 0.05) is 0 Å². The van der Waals surface area contributed by atoms with Gasteiger partial charge in [0.2, 0.25) is 10.3 Å². The van der Waals surface area contributed by atoms with Crippen molar-refractivity contribution >= 4 is 44.5 Å². The molecule has 0 radical (unpaired) electrons. The number of rotatable bonds is 1. The minimum absolute atomic E-state index is 0.0147. The second kappa shape index (κ2) is 4.17. The van der Waals surface area contributed by atoms with Crippen LogP contribution in [0.3, 0.4) is 0 Å². The topological polar surface area (TPSA) is 60.4 Å². The van der Waals surface area contributed by atoms with E-state index in [9.17, 15) is 13.2 Å². The van der Waals surface area contributed by atoms with Gasteiger partial charge in [-0.3, -0.25) is 0 Å². The number of hydrogen-bond donors (Lipinski definition) is 0. The molecule has 0 aromatic rings. The number of ether oxygens (including phenoxy) is 1. The lowest BCUT2D eigenvalue weighted by Gasteiger charge is -1.99. The summed E-state index contributed by atoms with van der Waals surface area (Å²) in [5, 5.41) is 1.38. The van der Waals surface area contributed by atoms with Crippen molar-refractivity contribution in [1.82, 2.24) is 0 Å². The van der Waals surface area contributed by atoms with Crippen LogP contribution in [-0.4, -0.2) is 31.1 Å². The number of methoxy groups -OCH3 is 1. The highest BCUT2D eigenvalue weighted by Gasteiger charge is 2.30. The molecule has 0 aromatic heterocycles. The van der Waals surface area contributed by atoms with Crippen LogP contribution in [-0.2, 0) is 19.8 Å². The van der Waals surface area contributed by atoms with Gasteiger partial charge in [0.25, 0.3) is 0 Å². The number of hydrogen-bond acceptors (Lipinski definition) is 5. The lowest BCUT2D eigenvalue weighted by molar-refractivity contribution is -0.135. The number of thioether (sulfide) groups is 1. The summed E-state index contributed by atoms with van der Waals surface area (Å²) in [6.07, 6.45) is 0. The summed E-state index contributed by atoms with van der Waals surface area (Å²) in [5.41, 5.74) is 0.0147. The first-order valence-electron chi connectivity index (χ1n) is 3.12. The van der Waals surface area contributed by atoms with Gasteiger partial charge in [0.05, 0.1) is 12.7 Å². The zero-order chi connectivity index (χ0) is 10.0. The molecule has 1 aliphatic heterocycles. The molecule has 72 valence electrons. The van der Waals surface area contributed by atoms with Crippen molar-refractivity contribution in [2.75, 3.05) is 7.11 Å². The maximum atomic E-state index is 11.0. The minimum atomic E-state index is -2.48. The SMILES string of the molecule is COC(=O)C1=CSC(Cl)C1=S(=O)=O. The van der Waals surface area contributed by atoms with E-state index in [1.807, 2.05) is 0 Å². The van der Waals surface area contributed by atoms with Crippen molar-refractivity contribution < 1.29 is 17.9 Å². The van der Waals surface area contributed by atoms with Crippen molar-refractivity contribution in [1.29, 1.82) is 0 Å². The molecule has 13 heavy (non-hydrogen) atoms. The Balaban J connectivity index is 3.16. The molecule has 4 nitrogen and oxygen atoms in total. The highest BCUT2D eigenvalue weighted by molar-refractivity contribution is 8.06. The van der Waals surface area contributed by atoms with Gasteiger partial charge < -0.3 is 4.74 Å². The van der Waals surface area contributed by atoms with Crippen LogP contribution in [0.25, 0.3) is 0 Å². The Morgan fingerprint density at radius 3 is 2.77 bits per heavy atom. The largest absolute Gasteiger partial charge is 0.465 e. The lowest BCUT2D eigenvalue weighted by Crippen LogP contribution is -2.17. The predicted octanol–water partition coefficient (Wildman–Crippen LogP) is 0.407. The average molecular weight is 241 g/mol. The number of esters is 1. The van der Waals surface area contributed by atoms with Gasteiger partial charge in [-0.1, -0.05) is 0 Å². The van der Waals surface area contributed by atoms with Crippen LogP contribution in [0.4, 0.5) is 0 Å². The standard InChI is InChI=1S/C6H5ClO4S2/c1-11-6(8)3-2-12-5(7)4(3)13(9)10/h2,5H,1H3. The van der Waals surface area contributed by atoms with Gasteiger partial charge >= 0.3 is 5.97 Å². The molecule has 0 aliphatic carbocycles. The average Bonchev–Trinajstić information content (AvgIpc) is 2.45. The Morgan fingerprint density at radius 2 is 2.31 bits per heavy atom. The van der Waals surface area contributed by atoms with Crippen molar-refractivity contribution in [3.8, 4) is 0 Å². The van der Waals surface area contributed by atoms with E-state index in [0.717, 1.165) is 11.8 Å². The first-order valence-corrected chi connectivity index (χ1v) is 5.58. The third-order valence-electron chi connectivity index (χ3n) is 1.36. The Morgan fingerprint density at radius 1 is 1.69 bits per heavy atom. The van der Waals surface area contributed by atoms with Crippen molar-refractivity contribution in [2.24, 2.45) is 0 Å². The third-order valence-corrected chi connectivity index (χ3v) is 3.83. The lowest BCUT2D eigenvalue weighted by atomic mass is 10.2. The summed E-state index contributed by atoms with van der Waals surface area (Å²) < 4.78 is 25.0. The van der Waals surface area contributed by atoms with Crippen molar-refractivity contribution in [2.45, 2.75) is 4.71 Å². The molecule has 0 saturated carbocycles. The summed E-state index contributed by atoms with van der Waals surface area (Å²) in [6.45, 7) is 0. The van der Waals surface area contributed by atoms with Crippen molar-refractivity contribution in [3.63, 3.8) is 0 Å². The first-order chi connectivity index (χ1) is 6.07. The Kier molecular flexibility index (Phi) is 3.40. The molecule has 0 bridgehead atoms. The molecule has 0 N–H and O–H groups in total. The fourth-order valence-corrected chi connectivity index (χ4v) is 2.96. The van der Waals surface area contributed by atoms with E-state index >= 15 is 0 Å². The van der Waals surface area contributed by atoms with Crippen LogP contribution >= 0.6 is 23.4 Å². The zero-order valence-electron chi connectivity index (χ0n) is 6.48. The molecule has 0 aromatic carbocycles. The number of carbonyl (C=O) groups excluding carboxylic acids is 1. The number of halogens is 1. The maximum absolute atomic E-state index is 11.0. The maximum Gasteiger partial charge on any atom is 0.339 e. The van der Waals surface area contributed by atoms with E-state index in [-0.39, 0.29) is 10.4 Å². The van der Waals surface area contributed by atoms with Gasteiger partial charge in [-0.05, 0) is 5.41 Å². The molecule has 1 rings (SSSR count). The fourth-order valence-electron chi connectivity index (χ4n) is 0.794. The van der Waals surface area contributed by atoms with E-state index in [1.54, 1.807) is 0 Å². The van der Waals surface area contributed by atoms with E-state index in [2.05, 4.69) is 4.74 Å². The quantitative estimate of drug-likeness (QED) is 0.377. The summed E-state index contributed by atoms with van der Waals surface area (Å²) in [7, 11) is -1.30. The van der Waals surface area contributed by atoms with Crippen LogP contribution < -0.4 is 0 Å². The molecule has 1 aliphatic rings. The molecular formula is C6H5ClO4S2.